The predicted molar refractivity (Wildman–Crippen MR) is 77.7 cm³/mol. The van der Waals surface area contributed by atoms with Gasteiger partial charge in [0.1, 0.15) is 5.82 Å². The van der Waals surface area contributed by atoms with Crippen molar-refractivity contribution >= 4 is 33.3 Å². The van der Waals surface area contributed by atoms with E-state index in [9.17, 15) is 22.7 Å². The molecule has 0 amide bonds. The Kier molecular flexibility index (Phi) is 4.39. The molecule has 1 N–H and O–H groups in total. The molecule has 0 aromatic heterocycles. The van der Waals surface area contributed by atoms with Gasteiger partial charge in [-0.3, -0.25) is 4.72 Å². The molecule has 0 radical (unpaired) electrons. The molecule has 0 aliphatic rings. The number of sulfonamides is 1. The van der Waals surface area contributed by atoms with Crippen molar-refractivity contribution in [3.8, 4) is 0 Å². The fraction of sp³-hybridized carbons (Fsp3) is 0.0714. The highest BCUT2D eigenvalue weighted by Crippen LogP contribution is 2.24. The highest BCUT2D eigenvalue weighted by atomic mass is 35.5. The zero-order valence-corrected chi connectivity index (χ0v) is 12.8. The maximum atomic E-state index is 13.7. The number of halogens is 2. The van der Waals surface area contributed by atoms with Crippen molar-refractivity contribution in [3.63, 3.8) is 0 Å². The number of carbonyl (C=O) groups excluding carboxylic acids is 1. The lowest BCUT2D eigenvalue weighted by Gasteiger charge is -2.13. The third-order valence-electron chi connectivity index (χ3n) is 2.89. The minimum absolute atomic E-state index is 0.121. The molecular formula is C14H10ClFNO4S-. The lowest BCUT2D eigenvalue weighted by Crippen LogP contribution is -2.23. The average Bonchev–Trinajstić information content (AvgIpc) is 2.42. The van der Waals surface area contributed by atoms with Gasteiger partial charge in [0.15, 0.2) is 0 Å². The number of carboxylic acids is 1. The number of aromatic carboxylic acids is 1. The maximum absolute atomic E-state index is 13.7. The first-order valence-electron chi connectivity index (χ1n) is 6.00. The smallest absolute Gasteiger partial charge is 0.262 e. The van der Waals surface area contributed by atoms with E-state index >= 15 is 0 Å². The number of hydrogen-bond donors (Lipinski definition) is 1. The molecule has 0 saturated carbocycles. The van der Waals surface area contributed by atoms with E-state index in [2.05, 4.69) is 4.72 Å². The van der Waals surface area contributed by atoms with E-state index in [-0.39, 0.29) is 21.2 Å². The number of benzene rings is 2. The van der Waals surface area contributed by atoms with Crippen LogP contribution in [0.25, 0.3) is 0 Å². The number of aryl methyl sites for hydroxylation is 1. The van der Waals surface area contributed by atoms with Crippen molar-refractivity contribution in [2.75, 3.05) is 4.72 Å². The highest BCUT2D eigenvalue weighted by Gasteiger charge is 2.19. The van der Waals surface area contributed by atoms with E-state index in [0.29, 0.717) is 5.56 Å². The van der Waals surface area contributed by atoms with Gasteiger partial charge in [0.25, 0.3) is 10.0 Å². The molecular weight excluding hydrogens is 333 g/mol. The number of nitrogens with one attached hydrogen (secondary N) is 1. The van der Waals surface area contributed by atoms with Gasteiger partial charge in [-0.15, -0.1) is 0 Å². The van der Waals surface area contributed by atoms with Crippen LogP contribution in [0.3, 0.4) is 0 Å². The first-order chi connectivity index (χ1) is 10.2. The molecule has 0 bridgehead atoms. The Balaban J connectivity index is 2.46. The molecule has 2 aromatic carbocycles. The van der Waals surface area contributed by atoms with Gasteiger partial charge in [-0.2, -0.15) is 0 Å². The van der Waals surface area contributed by atoms with Gasteiger partial charge in [0.2, 0.25) is 0 Å². The van der Waals surface area contributed by atoms with E-state index in [1.807, 2.05) is 0 Å². The Hall–Kier alpha value is -2.12. The molecule has 2 rings (SSSR count). The topological polar surface area (TPSA) is 86.3 Å². The summed E-state index contributed by atoms with van der Waals surface area (Å²) in [5, 5.41) is 11.0. The minimum Gasteiger partial charge on any atom is -0.545 e. The molecule has 116 valence electrons. The van der Waals surface area contributed by atoms with Crippen LogP contribution in [0, 0.1) is 12.7 Å². The Labute approximate surface area is 131 Å². The Morgan fingerprint density at radius 2 is 1.91 bits per heavy atom. The van der Waals surface area contributed by atoms with Gasteiger partial charge in [-0.05, 0) is 42.3 Å². The normalized spacial score (nSPS) is 11.2. The zero-order valence-electron chi connectivity index (χ0n) is 11.3. The first-order valence-corrected chi connectivity index (χ1v) is 7.86. The van der Waals surface area contributed by atoms with Crippen LogP contribution in [-0.2, 0) is 10.0 Å². The summed E-state index contributed by atoms with van der Waals surface area (Å²) in [6.45, 7) is 1.49. The van der Waals surface area contributed by atoms with Crippen molar-refractivity contribution in [1.82, 2.24) is 0 Å². The first kappa shape index (κ1) is 16.3. The lowest BCUT2D eigenvalue weighted by molar-refractivity contribution is -0.255. The maximum Gasteiger partial charge on any atom is 0.262 e. The second-order valence-corrected chi connectivity index (χ2v) is 6.58. The SMILES string of the molecule is Cc1ccc(C(=O)[O-])cc1S(=O)(=O)Nc1ccc(Cl)cc1F. The quantitative estimate of drug-likeness (QED) is 0.920. The van der Waals surface area contributed by atoms with E-state index in [1.165, 1.54) is 31.2 Å². The molecule has 5 nitrogen and oxygen atoms in total. The number of carboxylic acid groups (broad SMARTS) is 1. The molecule has 0 spiro atoms. The predicted octanol–water partition coefficient (Wildman–Crippen LogP) is 1.95. The van der Waals surface area contributed by atoms with Crippen LogP contribution >= 0.6 is 11.6 Å². The van der Waals surface area contributed by atoms with Crippen LogP contribution in [0.2, 0.25) is 5.02 Å². The van der Waals surface area contributed by atoms with E-state index in [4.69, 9.17) is 11.6 Å². The van der Waals surface area contributed by atoms with E-state index in [1.54, 1.807) is 0 Å². The molecule has 22 heavy (non-hydrogen) atoms. The van der Waals surface area contributed by atoms with Gasteiger partial charge in [-0.25, -0.2) is 12.8 Å². The van der Waals surface area contributed by atoms with Gasteiger partial charge >= 0.3 is 0 Å². The van der Waals surface area contributed by atoms with Crippen LogP contribution in [-0.4, -0.2) is 14.4 Å². The number of hydrogen-bond acceptors (Lipinski definition) is 4. The summed E-state index contributed by atoms with van der Waals surface area (Å²) in [6, 6.07) is 6.98. The molecule has 0 saturated heterocycles. The van der Waals surface area contributed by atoms with Gasteiger partial charge in [-0.1, -0.05) is 23.7 Å². The van der Waals surface area contributed by atoms with Crippen molar-refractivity contribution in [3.05, 3.63) is 58.4 Å². The second-order valence-electron chi connectivity index (χ2n) is 4.50. The fourth-order valence-corrected chi connectivity index (χ4v) is 3.29. The molecule has 0 heterocycles. The van der Waals surface area contributed by atoms with E-state index < -0.39 is 21.8 Å². The molecule has 2 aromatic rings. The molecule has 0 aliphatic heterocycles. The Morgan fingerprint density at radius 1 is 1.23 bits per heavy atom. The average molecular weight is 343 g/mol. The second kappa shape index (κ2) is 5.94. The van der Waals surface area contributed by atoms with Gasteiger partial charge < -0.3 is 9.90 Å². The summed E-state index contributed by atoms with van der Waals surface area (Å²) >= 11 is 5.60. The van der Waals surface area contributed by atoms with Crippen LogP contribution in [0.4, 0.5) is 10.1 Å². The van der Waals surface area contributed by atoms with Crippen molar-refractivity contribution in [2.24, 2.45) is 0 Å². The molecule has 8 heteroatoms. The monoisotopic (exact) mass is 342 g/mol. The van der Waals surface area contributed by atoms with Crippen molar-refractivity contribution in [2.45, 2.75) is 11.8 Å². The van der Waals surface area contributed by atoms with Crippen LogP contribution in [0.5, 0.6) is 0 Å². The Morgan fingerprint density at radius 3 is 2.50 bits per heavy atom. The lowest BCUT2D eigenvalue weighted by atomic mass is 10.1. The van der Waals surface area contributed by atoms with Crippen molar-refractivity contribution in [1.29, 1.82) is 0 Å². The minimum atomic E-state index is -4.16. The summed E-state index contributed by atoms with van der Waals surface area (Å²) < 4.78 is 40.4. The summed E-state index contributed by atoms with van der Waals surface area (Å²) in [7, 11) is -4.16. The molecule has 0 unspecified atom stereocenters. The van der Waals surface area contributed by atoms with Crippen LogP contribution < -0.4 is 9.83 Å². The van der Waals surface area contributed by atoms with E-state index in [0.717, 1.165) is 12.1 Å². The van der Waals surface area contributed by atoms with Gasteiger partial charge in [0.05, 0.1) is 16.6 Å². The largest absolute Gasteiger partial charge is 0.545 e. The number of rotatable bonds is 4. The summed E-state index contributed by atoms with van der Waals surface area (Å²) in [5.41, 5.74) is -0.267. The fourth-order valence-electron chi connectivity index (χ4n) is 1.79. The summed E-state index contributed by atoms with van der Waals surface area (Å²) in [6.07, 6.45) is 0. The standard InChI is InChI=1S/C14H11ClFNO4S/c1-8-2-3-9(14(18)19)6-13(8)22(20,21)17-12-5-4-10(15)7-11(12)16/h2-7,17H,1H3,(H,18,19)/p-1. The number of carbonyl (C=O) groups is 1. The highest BCUT2D eigenvalue weighted by molar-refractivity contribution is 7.92. The summed E-state index contributed by atoms with van der Waals surface area (Å²) in [5.74, 6) is -2.35. The summed E-state index contributed by atoms with van der Waals surface area (Å²) in [4.78, 5) is 10.6. The molecule has 0 atom stereocenters. The third kappa shape index (κ3) is 3.37. The van der Waals surface area contributed by atoms with Crippen LogP contribution in [0.15, 0.2) is 41.3 Å². The zero-order chi connectivity index (χ0) is 16.5. The molecule has 0 fully saturated rings. The van der Waals surface area contributed by atoms with Gasteiger partial charge in [0, 0.05) is 5.02 Å². The Bertz CT molecular complexity index is 852. The molecule has 0 aliphatic carbocycles. The van der Waals surface area contributed by atoms with Crippen molar-refractivity contribution < 1.29 is 22.7 Å². The number of anilines is 1. The third-order valence-corrected chi connectivity index (χ3v) is 4.63. The van der Waals surface area contributed by atoms with Crippen LogP contribution in [0.1, 0.15) is 15.9 Å².